The van der Waals surface area contributed by atoms with E-state index in [1.54, 1.807) is 12.1 Å². The van der Waals surface area contributed by atoms with Gasteiger partial charge in [0.25, 0.3) is 0 Å². The van der Waals surface area contributed by atoms with E-state index in [0.717, 1.165) is 11.3 Å². The Balaban J connectivity index is 2.01. The van der Waals surface area contributed by atoms with Crippen molar-refractivity contribution in [2.45, 2.75) is 0 Å². The van der Waals surface area contributed by atoms with Crippen LogP contribution in [0.2, 0.25) is 0 Å². The number of nitrogen functional groups attached to an aromatic ring is 1. The van der Waals surface area contributed by atoms with E-state index in [1.807, 2.05) is 29.6 Å². The van der Waals surface area contributed by atoms with Crippen molar-refractivity contribution in [1.82, 2.24) is 4.98 Å². The van der Waals surface area contributed by atoms with Crippen molar-refractivity contribution in [3.63, 3.8) is 0 Å². The van der Waals surface area contributed by atoms with Gasteiger partial charge in [-0.2, -0.15) is 0 Å². The third-order valence-electron chi connectivity index (χ3n) is 3.15. The molecular formula is C16H13FN2OS. The number of halogens is 1. The molecule has 2 N–H and O–H groups in total. The first-order valence-electron chi connectivity index (χ1n) is 6.33. The molecule has 0 saturated carbocycles. The highest BCUT2D eigenvalue weighted by Crippen LogP contribution is 2.33. The van der Waals surface area contributed by atoms with Crippen LogP contribution in [0.5, 0.6) is 5.75 Å². The fourth-order valence-electron chi connectivity index (χ4n) is 2.05. The van der Waals surface area contributed by atoms with Crippen LogP contribution in [0.1, 0.15) is 0 Å². The van der Waals surface area contributed by atoms with Gasteiger partial charge in [0, 0.05) is 28.3 Å². The minimum atomic E-state index is -0.351. The zero-order valence-corrected chi connectivity index (χ0v) is 12.2. The van der Waals surface area contributed by atoms with Crippen molar-refractivity contribution < 1.29 is 9.13 Å². The quantitative estimate of drug-likeness (QED) is 0.737. The Hall–Kier alpha value is -2.40. The molecule has 2 aromatic carbocycles. The lowest BCUT2D eigenvalue weighted by atomic mass is 10.1. The number of methoxy groups -OCH3 is 1. The number of aromatic nitrogens is 1. The van der Waals surface area contributed by atoms with Gasteiger partial charge < -0.3 is 10.5 Å². The topological polar surface area (TPSA) is 48.1 Å². The van der Waals surface area contributed by atoms with Crippen LogP contribution >= 0.6 is 11.3 Å². The van der Waals surface area contributed by atoms with Gasteiger partial charge >= 0.3 is 0 Å². The summed E-state index contributed by atoms with van der Waals surface area (Å²) in [7, 11) is 1.51. The van der Waals surface area contributed by atoms with Gasteiger partial charge in [0.2, 0.25) is 0 Å². The van der Waals surface area contributed by atoms with Gasteiger partial charge in [-0.1, -0.05) is 18.2 Å². The van der Waals surface area contributed by atoms with E-state index in [9.17, 15) is 4.39 Å². The molecule has 0 bridgehead atoms. The third-order valence-corrected chi connectivity index (χ3v) is 4.02. The Morgan fingerprint density at radius 2 is 1.95 bits per heavy atom. The summed E-state index contributed by atoms with van der Waals surface area (Å²) in [5.41, 5.74) is 8.67. The summed E-state index contributed by atoms with van der Waals surface area (Å²) in [6.07, 6.45) is 0. The fraction of sp³-hybridized carbons (Fsp3) is 0.0625. The summed E-state index contributed by atoms with van der Waals surface area (Å²) in [5.74, 6) is 0.136. The minimum Gasteiger partial charge on any atom is -0.497 e. The maximum Gasteiger partial charge on any atom is 0.137 e. The number of ether oxygens (including phenoxy) is 1. The van der Waals surface area contributed by atoms with Crippen LogP contribution in [-0.4, -0.2) is 12.1 Å². The summed E-state index contributed by atoms with van der Waals surface area (Å²) in [4.78, 5) is 4.49. The van der Waals surface area contributed by atoms with Gasteiger partial charge in [-0.25, -0.2) is 9.37 Å². The van der Waals surface area contributed by atoms with Crippen molar-refractivity contribution in [2.24, 2.45) is 0 Å². The standard InChI is InChI=1S/C16H13FN2OS/c1-20-10-6-7-11(13(17)8-10)16-19-15(9-21-16)12-4-2-3-5-14(12)18/h2-9H,18H2,1H3. The molecule has 0 aliphatic carbocycles. The molecule has 0 spiro atoms. The van der Waals surface area contributed by atoms with E-state index in [1.165, 1.54) is 24.5 Å². The molecular weight excluding hydrogens is 287 g/mol. The predicted octanol–water partition coefficient (Wildman–Crippen LogP) is 4.21. The third kappa shape index (κ3) is 2.60. The highest BCUT2D eigenvalue weighted by atomic mass is 32.1. The van der Waals surface area contributed by atoms with Crippen molar-refractivity contribution >= 4 is 17.0 Å². The number of hydrogen-bond acceptors (Lipinski definition) is 4. The number of benzene rings is 2. The molecule has 3 nitrogen and oxygen atoms in total. The zero-order chi connectivity index (χ0) is 14.8. The van der Waals surface area contributed by atoms with Crippen LogP contribution in [0.3, 0.4) is 0 Å². The average molecular weight is 300 g/mol. The number of para-hydroxylation sites is 1. The number of hydrogen-bond donors (Lipinski definition) is 1. The molecule has 1 aromatic heterocycles. The first-order chi connectivity index (χ1) is 10.2. The molecule has 0 atom stereocenters. The second-order valence-electron chi connectivity index (χ2n) is 4.47. The Morgan fingerprint density at radius 3 is 2.67 bits per heavy atom. The first kappa shape index (κ1) is 13.6. The van der Waals surface area contributed by atoms with E-state index < -0.39 is 0 Å². The van der Waals surface area contributed by atoms with Gasteiger partial charge in [-0.15, -0.1) is 11.3 Å². The van der Waals surface area contributed by atoms with Crippen LogP contribution in [0.4, 0.5) is 10.1 Å². The molecule has 0 radical (unpaired) electrons. The summed E-state index contributed by atoms with van der Waals surface area (Å²) in [5, 5.41) is 2.50. The van der Waals surface area contributed by atoms with E-state index in [2.05, 4.69) is 4.98 Å². The van der Waals surface area contributed by atoms with E-state index in [-0.39, 0.29) is 5.82 Å². The van der Waals surface area contributed by atoms with Crippen LogP contribution < -0.4 is 10.5 Å². The smallest absolute Gasteiger partial charge is 0.137 e. The van der Waals surface area contributed by atoms with E-state index >= 15 is 0 Å². The zero-order valence-electron chi connectivity index (χ0n) is 11.3. The van der Waals surface area contributed by atoms with Gasteiger partial charge in [-0.05, 0) is 18.2 Å². The highest BCUT2D eigenvalue weighted by Gasteiger charge is 2.12. The van der Waals surface area contributed by atoms with Crippen molar-refractivity contribution in [3.05, 3.63) is 53.7 Å². The number of nitrogens with two attached hydrogens (primary N) is 1. The Labute approximate surface area is 125 Å². The molecule has 3 aromatic rings. The monoisotopic (exact) mass is 300 g/mol. The lowest BCUT2D eigenvalue weighted by Crippen LogP contribution is -1.90. The molecule has 0 aliphatic heterocycles. The Kier molecular flexibility index (Phi) is 3.58. The van der Waals surface area contributed by atoms with Crippen LogP contribution in [0.15, 0.2) is 47.8 Å². The van der Waals surface area contributed by atoms with Crippen LogP contribution in [0, 0.1) is 5.82 Å². The summed E-state index contributed by atoms with van der Waals surface area (Å²) in [6, 6.07) is 12.2. The Morgan fingerprint density at radius 1 is 1.14 bits per heavy atom. The molecule has 3 rings (SSSR count). The molecule has 0 saturated heterocycles. The number of nitrogens with zero attached hydrogens (tertiary/aromatic N) is 1. The molecule has 5 heteroatoms. The fourth-order valence-corrected chi connectivity index (χ4v) is 2.89. The normalized spacial score (nSPS) is 10.6. The molecule has 0 fully saturated rings. The van der Waals surface area contributed by atoms with Crippen molar-refractivity contribution in [2.75, 3.05) is 12.8 Å². The molecule has 106 valence electrons. The lowest BCUT2D eigenvalue weighted by Gasteiger charge is -2.03. The van der Waals surface area contributed by atoms with Crippen molar-refractivity contribution in [1.29, 1.82) is 0 Å². The predicted molar refractivity (Wildman–Crippen MR) is 83.9 cm³/mol. The molecule has 0 aliphatic rings. The van der Waals surface area contributed by atoms with E-state index in [0.29, 0.717) is 22.0 Å². The van der Waals surface area contributed by atoms with Crippen LogP contribution in [0.25, 0.3) is 21.8 Å². The van der Waals surface area contributed by atoms with Gasteiger partial charge in [0.15, 0.2) is 0 Å². The number of rotatable bonds is 3. The maximum atomic E-state index is 14.1. The second kappa shape index (κ2) is 5.54. The number of thiazole rings is 1. The largest absolute Gasteiger partial charge is 0.497 e. The Bertz CT molecular complexity index is 785. The molecule has 0 unspecified atom stereocenters. The second-order valence-corrected chi connectivity index (χ2v) is 5.33. The summed E-state index contributed by atoms with van der Waals surface area (Å²) >= 11 is 1.39. The average Bonchev–Trinajstić information content (AvgIpc) is 2.97. The highest BCUT2D eigenvalue weighted by molar-refractivity contribution is 7.13. The first-order valence-corrected chi connectivity index (χ1v) is 7.21. The van der Waals surface area contributed by atoms with Gasteiger partial charge in [-0.3, -0.25) is 0 Å². The molecule has 0 amide bonds. The lowest BCUT2D eigenvalue weighted by molar-refractivity contribution is 0.411. The van der Waals surface area contributed by atoms with Gasteiger partial charge in [0.05, 0.1) is 12.8 Å². The van der Waals surface area contributed by atoms with Crippen molar-refractivity contribution in [3.8, 4) is 27.6 Å². The minimum absolute atomic E-state index is 0.351. The van der Waals surface area contributed by atoms with Crippen LogP contribution in [-0.2, 0) is 0 Å². The SMILES string of the molecule is COc1ccc(-c2nc(-c3ccccc3N)cs2)c(F)c1. The number of anilines is 1. The summed E-state index contributed by atoms with van der Waals surface area (Å²) < 4.78 is 19.1. The molecule has 21 heavy (non-hydrogen) atoms. The maximum absolute atomic E-state index is 14.1. The van der Waals surface area contributed by atoms with E-state index in [4.69, 9.17) is 10.5 Å². The summed E-state index contributed by atoms with van der Waals surface area (Å²) in [6.45, 7) is 0. The molecule has 1 heterocycles. The van der Waals surface area contributed by atoms with Gasteiger partial charge in [0.1, 0.15) is 16.6 Å².